The number of imide groups is 1. The molecule has 30 heavy (non-hydrogen) atoms. The van der Waals surface area contributed by atoms with Crippen molar-refractivity contribution in [1.29, 1.82) is 0 Å². The van der Waals surface area contributed by atoms with Gasteiger partial charge in [0, 0.05) is 18.0 Å². The SMILES string of the molecule is O=C(CSc1nnc(-c2ccncc2)n1CC(F)(F)F)NC(=O)NCc1ccco1. The molecule has 0 aliphatic heterocycles. The molecular weight excluding hydrogens is 425 g/mol. The van der Waals surface area contributed by atoms with Crippen molar-refractivity contribution in [3.8, 4) is 11.4 Å². The molecular formula is C17H15F3N6O3S. The van der Waals surface area contributed by atoms with Crippen molar-refractivity contribution in [2.24, 2.45) is 0 Å². The number of hydrogen-bond acceptors (Lipinski definition) is 7. The molecule has 3 aromatic rings. The zero-order valence-corrected chi connectivity index (χ0v) is 16.0. The third-order valence-corrected chi connectivity index (χ3v) is 4.55. The molecule has 0 aliphatic carbocycles. The third-order valence-electron chi connectivity index (χ3n) is 3.58. The number of hydrogen-bond donors (Lipinski definition) is 2. The Kier molecular flexibility index (Phi) is 6.72. The lowest BCUT2D eigenvalue weighted by atomic mass is 10.2. The monoisotopic (exact) mass is 440 g/mol. The maximum atomic E-state index is 13.0. The average Bonchev–Trinajstić information content (AvgIpc) is 3.34. The van der Waals surface area contributed by atoms with Crippen molar-refractivity contribution in [1.82, 2.24) is 30.4 Å². The fourth-order valence-corrected chi connectivity index (χ4v) is 3.09. The summed E-state index contributed by atoms with van der Waals surface area (Å²) in [7, 11) is 0. The van der Waals surface area contributed by atoms with Crippen LogP contribution in [0.2, 0.25) is 0 Å². The van der Waals surface area contributed by atoms with Crippen LogP contribution in [0.1, 0.15) is 5.76 Å². The Morgan fingerprint density at radius 2 is 1.93 bits per heavy atom. The Morgan fingerprint density at radius 1 is 1.17 bits per heavy atom. The number of rotatable bonds is 7. The van der Waals surface area contributed by atoms with Gasteiger partial charge in [0.15, 0.2) is 11.0 Å². The van der Waals surface area contributed by atoms with E-state index in [1.807, 2.05) is 0 Å². The molecule has 2 N–H and O–H groups in total. The maximum absolute atomic E-state index is 13.0. The van der Waals surface area contributed by atoms with Gasteiger partial charge in [-0.3, -0.25) is 19.7 Å². The molecule has 9 nitrogen and oxygen atoms in total. The molecule has 0 saturated carbocycles. The molecule has 3 amide bonds. The summed E-state index contributed by atoms with van der Waals surface area (Å²) in [6.07, 6.45) is -0.242. The summed E-state index contributed by atoms with van der Waals surface area (Å²) in [6.45, 7) is -1.25. The van der Waals surface area contributed by atoms with Crippen molar-refractivity contribution in [3.63, 3.8) is 0 Å². The van der Waals surface area contributed by atoms with Gasteiger partial charge in [0.05, 0.1) is 18.6 Å². The third kappa shape index (κ3) is 6.07. The predicted molar refractivity (Wildman–Crippen MR) is 99.1 cm³/mol. The minimum absolute atomic E-state index is 0.00572. The summed E-state index contributed by atoms with van der Waals surface area (Å²) in [6, 6.07) is 5.54. The zero-order chi connectivity index (χ0) is 21.6. The van der Waals surface area contributed by atoms with E-state index >= 15 is 0 Å². The largest absolute Gasteiger partial charge is 0.467 e. The van der Waals surface area contributed by atoms with E-state index in [0.717, 1.165) is 16.3 Å². The van der Waals surface area contributed by atoms with Crippen LogP contribution in [0.4, 0.5) is 18.0 Å². The summed E-state index contributed by atoms with van der Waals surface area (Å²) >= 11 is 0.732. The number of carbonyl (C=O) groups is 2. The normalized spacial score (nSPS) is 11.3. The number of urea groups is 1. The second kappa shape index (κ2) is 9.43. The van der Waals surface area contributed by atoms with Crippen molar-refractivity contribution < 1.29 is 27.2 Å². The highest BCUT2D eigenvalue weighted by Gasteiger charge is 2.31. The summed E-state index contributed by atoms with van der Waals surface area (Å²) in [5.41, 5.74) is 0.398. The van der Waals surface area contributed by atoms with E-state index in [4.69, 9.17) is 4.42 Å². The molecule has 0 aliphatic rings. The van der Waals surface area contributed by atoms with Crippen molar-refractivity contribution >= 4 is 23.7 Å². The molecule has 0 unspecified atom stereocenters. The summed E-state index contributed by atoms with van der Waals surface area (Å²) in [5.74, 6) is -0.547. The van der Waals surface area contributed by atoms with Gasteiger partial charge in [0.1, 0.15) is 12.3 Å². The lowest BCUT2D eigenvalue weighted by Crippen LogP contribution is -2.39. The minimum atomic E-state index is -4.52. The average molecular weight is 440 g/mol. The number of nitrogens with zero attached hydrogens (tertiary/aromatic N) is 4. The predicted octanol–water partition coefficient (Wildman–Crippen LogP) is 2.61. The molecule has 0 aromatic carbocycles. The highest BCUT2D eigenvalue weighted by molar-refractivity contribution is 7.99. The van der Waals surface area contributed by atoms with Gasteiger partial charge in [0.25, 0.3) is 0 Å². The fourth-order valence-electron chi connectivity index (χ4n) is 2.35. The van der Waals surface area contributed by atoms with Crippen LogP contribution in [-0.2, 0) is 17.9 Å². The van der Waals surface area contributed by atoms with Crippen molar-refractivity contribution in [2.45, 2.75) is 24.4 Å². The first-order valence-electron chi connectivity index (χ1n) is 8.45. The summed E-state index contributed by atoms with van der Waals surface area (Å²) < 4.78 is 45.0. The lowest BCUT2D eigenvalue weighted by Gasteiger charge is -2.12. The first kappa shape index (κ1) is 21.4. The second-order valence-corrected chi connectivity index (χ2v) is 6.78. The number of nitrogens with one attached hydrogen (secondary N) is 2. The molecule has 3 aromatic heterocycles. The van der Waals surface area contributed by atoms with E-state index in [9.17, 15) is 22.8 Å². The van der Waals surface area contributed by atoms with E-state index in [-0.39, 0.29) is 23.3 Å². The fraction of sp³-hybridized carbons (Fsp3) is 0.235. The Labute approximate surface area is 172 Å². The molecule has 3 rings (SSSR count). The van der Waals surface area contributed by atoms with E-state index in [0.29, 0.717) is 11.3 Å². The van der Waals surface area contributed by atoms with Gasteiger partial charge >= 0.3 is 12.2 Å². The number of thioether (sulfide) groups is 1. The topological polar surface area (TPSA) is 115 Å². The van der Waals surface area contributed by atoms with Crippen LogP contribution < -0.4 is 10.6 Å². The second-order valence-electron chi connectivity index (χ2n) is 5.84. The Bertz CT molecular complexity index is 992. The maximum Gasteiger partial charge on any atom is 0.406 e. The quantitative estimate of drug-likeness (QED) is 0.543. The highest BCUT2D eigenvalue weighted by atomic mass is 32.2. The lowest BCUT2D eigenvalue weighted by molar-refractivity contribution is -0.141. The molecule has 0 atom stereocenters. The van der Waals surface area contributed by atoms with Gasteiger partial charge in [-0.15, -0.1) is 10.2 Å². The van der Waals surface area contributed by atoms with Gasteiger partial charge < -0.3 is 9.73 Å². The number of carbonyl (C=O) groups excluding carboxylic acids is 2. The Balaban J connectivity index is 1.62. The Morgan fingerprint density at radius 3 is 2.60 bits per heavy atom. The number of furan rings is 1. The van der Waals surface area contributed by atoms with E-state index in [2.05, 4.69) is 25.8 Å². The standard InChI is InChI=1S/C17H15F3N6O3S/c18-17(19,20)10-26-14(11-3-5-21-6-4-11)24-25-16(26)30-9-13(27)23-15(28)22-8-12-2-1-7-29-12/h1-7H,8-10H2,(H2,22,23,27,28). The van der Waals surface area contributed by atoms with Crippen molar-refractivity contribution in [3.05, 3.63) is 48.7 Å². The molecule has 0 fully saturated rings. The number of aromatic nitrogens is 4. The summed E-state index contributed by atoms with van der Waals surface area (Å²) in [5, 5.41) is 12.0. The van der Waals surface area contributed by atoms with E-state index < -0.39 is 24.7 Å². The van der Waals surface area contributed by atoms with Crippen LogP contribution in [-0.4, -0.2) is 43.6 Å². The molecule has 0 radical (unpaired) electrons. The van der Waals surface area contributed by atoms with Crippen LogP contribution in [0.5, 0.6) is 0 Å². The van der Waals surface area contributed by atoms with Gasteiger partial charge in [-0.2, -0.15) is 13.2 Å². The van der Waals surface area contributed by atoms with Crippen LogP contribution in [0, 0.1) is 0 Å². The zero-order valence-electron chi connectivity index (χ0n) is 15.2. The molecule has 13 heteroatoms. The molecule has 0 bridgehead atoms. The van der Waals surface area contributed by atoms with Crippen LogP contribution in [0.25, 0.3) is 11.4 Å². The number of alkyl halides is 3. The van der Waals surface area contributed by atoms with Gasteiger partial charge in [0.2, 0.25) is 5.91 Å². The Hall–Kier alpha value is -3.35. The van der Waals surface area contributed by atoms with Gasteiger partial charge in [-0.25, -0.2) is 4.79 Å². The van der Waals surface area contributed by atoms with E-state index in [1.54, 1.807) is 12.1 Å². The van der Waals surface area contributed by atoms with E-state index in [1.165, 1.54) is 30.8 Å². The number of halogens is 3. The number of pyridine rings is 1. The summed E-state index contributed by atoms with van der Waals surface area (Å²) in [4.78, 5) is 27.5. The number of amides is 3. The van der Waals surface area contributed by atoms with Gasteiger partial charge in [-0.05, 0) is 24.3 Å². The smallest absolute Gasteiger partial charge is 0.406 e. The first-order chi connectivity index (χ1) is 14.3. The van der Waals surface area contributed by atoms with Crippen LogP contribution in [0.3, 0.4) is 0 Å². The van der Waals surface area contributed by atoms with Gasteiger partial charge in [-0.1, -0.05) is 11.8 Å². The molecule has 0 saturated heterocycles. The molecule has 3 heterocycles. The minimum Gasteiger partial charge on any atom is -0.467 e. The highest BCUT2D eigenvalue weighted by Crippen LogP contribution is 2.28. The molecule has 158 valence electrons. The van der Waals surface area contributed by atoms with Crippen LogP contribution >= 0.6 is 11.8 Å². The van der Waals surface area contributed by atoms with Crippen molar-refractivity contribution in [2.75, 3.05) is 5.75 Å². The molecule has 0 spiro atoms. The first-order valence-corrected chi connectivity index (χ1v) is 9.43. The van der Waals surface area contributed by atoms with Crippen LogP contribution in [0.15, 0.2) is 52.5 Å².